The van der Waals surface area contributed by atoms with Gasteiger partial charge in [0, 0.05) is 11.3 Å². The Labute approximate surface area is 121 Å². The number of aromatic nitrogens is 1. The van der Waals surface area contributed by atoms with Gasteiger partial charge in [-0.1, -0.05) is 43.1 Å². The molecule has 0 saturated carbocycles. The van der Waals surface area contributed by atoms with Crippen LogP contribution < -0.4 is 5.73 Å². The minimum absolute atomic E-state index is 0.372. The fourth-order valence-electron chi connectivity index (χ4n) is 1.80. The zero-order valence-corrected chi connectivity index (χ0v) is 12.5. The number of nitrogens with zero attached hydrogens (tertiary/aromatic N) is 1. The summed E-state index contributed by atoms with van der Waals surface area (Å²) in [5, 5.41) is 1.78. The molecule has 5 heteroatoms. The normalized spacial score (nSPS) is 11.2. The van der Waals surface area contributed by atoms with Crippen molar-refractivity contribution in [3.05, 3.63) is 44.4 Å². The first-order valence-electron chi connectivity index (χ1n) is 5.66. The molecule has 0 bridgehead atoms. The van der Waals surface area contributed by atoms with Crippen molar-refractivity contribution in [2.24, 2.45) is 0 Å². The van der Waals surface area contributed by atoms with Crippen molar-refractivity contribution in [1.82, 2.24) is 4.98 Å². The molecule has 0 fully saturated rings. The lowest BCUT2D eigenvalue weighted by molar-refractivity contribution is 0.820. The van der Waals surface area contributed by atoms with E-state index in [-0.39, 0.29) is 0 Å². The molecule has 0 spiro atoms. The summed E-state index contributed by atoms with van der Waals surface area (Å²) in [7, 11) is 0. The van der Waals surface area contributed by atoms with Gasteiger partial charge in [0.1, 0.15) is 0 Å². The molecule has 0 atom stereocenters. The Bertz CT molecular complexity index is 564. The number of hydrogen-bond donors (Lipinski definition) is 1. The number of nitrogens with two attached hydrogens (primary N) is 1. The van der Waals surface area contributed by atoms with Crippen molar-refractivity contribution in [1.29, 1.82) is 0 Å². The predicted molar refractivity (Wildman–Crippen MR) is 79.9 cm³/mol. The van der Waals surface area contributed by atoms with E-state index in [1.807, 2.05) is 18.2 Å². The van der Waals surface area contributed by atoms with Crippen LogP contribution in [0.2, 0.25) is 10.0 Å². The first kappa shape index (κ1) is 13.7. The number of nitrogen functional groups attached to an aromatic ring is 1. The summed E-state index contributed by atoms with van der Waals surface area (Å²) in [6.07, 6.45) is 0.791. The molecule has 1 aromatic heterocycles. The molecule has 2 aromatic rings. The molecule has 0 unspecified atom stereocenters. The van der Waals surface area contributed by atoms with E-state index in [0.29, 0.717) is 21.1 Å². The monoisotopic (exact) mass is 300 g/mol. The summed E-state index contributed by atoms with van der Waals surface area (Å²) < 4.78 is 0. The highest BCUT2D eigenvalue weighted by Crippen LogP contribution is 2.30. The number of benzene rings is 1. The number of anilines is 1. The second kappa shape index (κ2) is 5.47. The van der Waals surface area contributed by atoms with Crippen LogP contribution in [0.4, 0.5) is 5.13 Å². The second-order valence-corrected chi connectivity index (χ2v) is 6.37. The Morgan fingerprint density at radius 3 is 2.61 bits per heavy atom. The second-order valence-electron chi connectivity index (χ2n) is 4.44. The van der Waals surface area contributed by atoms with Crippen molar-refractivity contribution in [3.8, 4) is 0 Å². The third-order valence-electron chi connectivity index (χ3n) is 2.64. The third-order valence-corrected chi connectivity index (χ3v) is 4.28. The maximum absolute atomic E-state index is 6.02. The highest BCUT2D eigenvalue weighted by Gasteiger charge is 2.13. The Morgan fingerprint density at radius 1 is 1.28 bits per heavy atom. The highest BCUT2D eigenvalue weighted by atomic mass is 35.5. The zero-order valence-electron chi connectivity index (χ0n) is 10.2. The number of rotatable bonds is 3. The summed E-state index contributed by atoms with van der Waals surface area (Å²) in [6.45, 7) is 4.24. The predicted octanol–water partition coefficient (Wildman–Crippen LogP) is 4.75. The van der Waals surface area contributed by atoms with E-state index < -0.39 is 0 Å². The third kappa shape index (κ3) is 2.97. The first-order valence-corrected chi connectivity index (χ1v) is 7.23. The van der Waals surface area contributed by atoms with Crippen molar-refractivity contribution in [2.45, 2.75) is 26.2 Å². The smallest absolute Gasteiger partial charge is 0.180 e. The molecule has 18 heavy (non-hydrogen) atoms. The Balaban J connectivity index is 2.30. The number of hydrogen-bond acceptors (Lipinski definition) is 3. The van der Waals surface area contributed by atoms with Gasteiger partial charge in [-0.05, 0) is 23.6 Å². The van der Waals surface area contributed by atoms with Crippen molar-refractivity contribution < 1.29 is 0 Å². The molecule has 1 heterocycles. The van der Waals surface area contributed by atoms with Gasteiger partial charge in [-0.25, -0.2) is 4.98 Å². The largest absolute Gasteiger partial charge is 0.375 e. The van der Waals surface area contributed by atoms with Crippen molar-refractivity contribution in [2.75, 3.05) is 5.73 Å². The molecule has 2 rings (SSSR count). The molecule has 0 aliphatic rings. The standard InChI is InChI=1S/C13H14Cl2N2S/c1-7(2)12-11(18-13(16)17-12)6-8-3-4-9(14)10(15)5-8/h3-5,7H,6H2,1-2H3,(H2,16,17). The molecule has 96 valence electrons. The van der Waals surface area contributed by atoms with Gasteiger partial charge in [-0.15, -0.1) is 11.3 Å². The highest BCUT2D eigenvalue weighted by molar-refractivity contribution is 7.15. The molecular weight excluding hydrogens is 287 g/mol. The van der Waals surface area contributed by atoms with Crippen LogP contribution in [0.15, 0.2) is 18.2 Å². The van der Waals surface area contributed by atoms with E-state index in [9.17, 15) is 0 Å². The van der Waals surface area contributed by atoms with E-state index in [1.165, 1.54) is 16.2 Å². The average molecular weight is 301 g/mol. The lowest BCUT2D eigenvalue weighted by Crippen LogP contribution is -1.95. The summed E-state index contributed by atoms with van der Waals surface area (Å²) >= 11 is 13.5. The summed E-state index contributed by atoms with van der Waals surface area (Å²) in [6, 6.07) is 5.69. The average Bonchev–Trinajstić information content (AvgIpc) is 2.65. The minimum Gasteiger partial charge on any atom is -0.375 e. The van der Waals surface area contributed by atoms with Gasteiger partial charge in [-0.2, -0.15) is 0 Å². The van der Waals surface area contributed by atoms with Crippen LogP contribution in [0.1, 0.15) is 35.9 Å². The Hall–Kier alpha value is -0.770. The molecule has 0 radical (unpaired) electrons. The van der Waals surface area contributed by atoms with Crippen LogP contribution in [0.5, 0.6) is 0 Å². The Morgan fingerprint density at radius 2 is 2.00 bits per heavy atom. The van der Waals surface area contributed by atoms with Crippen LogP contribution in [0.3, 0.4) is 0 Å². The maximum atomic E-state index is 6.02. The number of halogens is 2. The van der Waals surface area contributed by atoms with Crippen LogP contribution >= 0.6 is 34.5 Å². The Kier molecular flexibility index (Phi) is 4.15. The fourth-order valence-corrected chi connectivity index (χ4v) is 3.14. The van der Waals surface area contributed by atoms with Gasteiger partial charge in [-0.3, -0.25) is 0 Å². The van der Waals surface area contributed by atoms with E-state index in [2.05, 4.69) is 18.8 Å². The maximum Gasteiger partial charge on any atom is 0.180 e. The SMILES string of the molecule is CC(C)c1nc(N)sc1Cc1ccc(Cl)c(Cl)c1. The topological polar surface area (TPSA) is 38.9 Å². The molecule has 1 aromatic carbocycles. The van der Waals surface area contributed by atoms with E-state index in [0.717, 1.165) is 17.7 Å². The first-order chi connectivity index (χ1) is 8.47. The summed E-state index contributed by atoms with van der Waals surface area (Å²) in [4.78, 5) is 5.58. The van der Waals surface area contributed by atoms with E-state index in [4.69, 9.17) is 28.9 Å². The van der Waals surface area contributed by atoms with Gasteiger partial charge in [0.25, 0.3) is 0 Å². The quantitative estimate of drug-likeness (QED) is 0.888. The molecule has 2 nitrogen and oxygen atoms in total. The van der Waals surface area contributed by atoms with Crippen molar-refractivity contribution >= 4 is 39.7 Å². The van der Waals surface area contributed by atoms with E-state index >= 15 is 0 Å². The van der Waals surface area contributed by atoms with Gasteiger partial charge in [0.05, 0.1) is 15.7 Å². The van der Waals surface area contributed by atoms with Crippen LogP contribution in [-0.4, -0.2) is 4.98 Å². The van der Waals surface area contributed by atoms with E-state index in [1.54, 1.807) is 0 Å². The molecule has 2 N–H and O–H groups in total. The van der Waals surface area contributed by atoms with Crippen molar-refractivity contribution in [3.63, 3.8) is 0 Å². The minimum atomic E-state index is 0.372. The molecule has 0 aliphatic carbocycles. The molecule has 0 saturated heterocycles. The zero-order chi connectivity index (χ0) is 13.3. The van der Waals surface area contributed by atoms with Crippen LogP contribution in [0, 0.1) is 0 Å². The fraction of sp³-hybridized carbons (Fsp3) is 0.308. The molecule has 0 aliphatic heterocycles. The molecule has 0 amide bonds. The molecular formula is C13H14Cl2N2S. The van der Waals surface area contributed by atoms with Gasteiger partial charge >= 0.3 is 0 Å². The van der Waals surface area contributed by atoms with Crippen LogP contribution in [-0.2, 0) is 6.42 Å². The lowest BCUT2D eigenvalue weighted by atomic mass is 10.0. The summed E-state index contributed by atoms with van der Waals surface area (Å²) in [5.41, 5.74) is 7.98. The van der Waals surface area contributed by atoms with Gasteiger partial charge in [0.15, 0.2) is 5.13 Å². The number of thiazole rings is 1. The van der Waals surface area contributed by atoms with Crippen LogP contribution in [0.25, 0.3) is 0 Å². The summed E-state index contributed by atoms with van der Waals surface area (Å²) in [5.74, 6) is 0.372. The van der Waals surface area contributed by atoms with Gasteiger partial charge in [0.2, 0.25) is 0 Å². The van der Waals surface area contributed by atoms with Gasteiger partial charge < -0.3 is 5.73 Å². The lowest BCUT2D eigenvalue weighted by Gasteiger charge is -2.06.